The van der Waals surface area contributed by atoms with Crippen LogP contribution in [0.1, 0.15) is 0 Å². The smallest absolute Gasteiger partial charge is 0.0629 e. The summed E-state index contributed by atoms with van der Waals surface area (Å²) in [5.41, 5.74) is 0. The molecule has 0 radical (unpaired) electrons. The molecule has 0 saturated carbocycles. The van der Waals surface area contributed by atoms with Gasteiger partial charge in [0.25, 0.3) is 0 Å². The second-order valence-corrected chi connectivity index (χ2v) is 1.82. The predicted octanol–water partition coefficient (Wildman–Crippen LogP) is 0.00290. The van der Waals surface area contributed by atoms with Crippen molar-refractivity contribution in [3.05, 3.63) is 0 Å². The summed E-state index contributed by atoms with van der Waals surface area (Å²) in [5.74, 6) is 0. The first-order valence-corrected chi connectivity index (χ1v) is 2.35. The van der Waals surface area contributed by atoms with Crippen LogP contribution in [0.2, 0.25) is 0 Å². The van der Waals surface area contributed by atoms with Gasteiger partial charge in [0, 0.05) is 13.1 Å². The van der Waals surface area contributed by atoms with Gasteiger partial charge >= 0.3 is 0 Å². The molecule has 0 spiro atoms. The van der Waals surface area contributed by atoms with Crippen LogP contribution in [0, 0.1) is 0 Å². The van der Waals surface area contributed by atoms with Gasteiger partial charge in [-0.1, -0.05) is 0 Å². The highest BCUT2D eigenvalue weighted by molar-refractivity contribution is 6.13. The molecule has 1 aliphatic rings. The summed E-state index contributed by atoms with van der Waals surface area (Å²) in [6.45, 7) is 2.84. The lowest BCUT2D eigenvalue weighted by molar-refractivity contribution is 0.557. The fourth-order valence-electron chi connectivity index (χ4n) is 0.480. The molecule has 1 saturated heterocycles. The lowest BCUT2D eigenvalue weighted by atomic mass is 10.7. The van der Waals surface area contributed by atoms with E-state index in [2.05, 4.69) is 5.32 Å². The summed E-state index contributed by atoms with van der Waals surface area (Å²) in [6.07, 6.45) is 0. The lowest BCUT2D eigenvalue weighted by Gasteiger charge is -1.95. The van der Waals surface area contributed by atoms with E-state index in [0.717, 1.165) is 19.8 Å². The third-order valence-corrected chi connectivity index (χ3v) is 1.10. The molecule has 0 aromatic carbocycles. The summed E-state index contributed by atoms with van der Waals surface area (Å²) in [7, 11) is 0. The van der Waals surface area contributed by atoms with Gasteiger partial charge in [0.05, 0.1) is 6.67 Å². The molecular weight excluding hydrogens is 99.5 g/mol. The van der Waals surface area contributed by atoms with Crippen molar-refractivity contribution in [2.45, 2.75) is 0 Å². The monoisotopic (exact) mass is 106 g/mol. The largest absolute Gasteiger partial charge is 0.302 e. The number of hydrogen-bond donors (Lipinski definition) is 1. The fraction of sp³-hybridized carbons (Fsp3) is 1.00. The van der Waals surface area contributed by atoms with Crippen molar-refractivity contribution >= 4 is 11.8 Å². The first-order valence-electron chi connectivity index (χ1n) is 2.01. The lowest BCUT2D eigenvalue weighted by Crippen LogP contribution is -2.10. The van der Waals surface area contributed by atoms with E-state index in [4.69, 9.17) is 11.8 Å². The Bertz CT molecular complexity index is 42.1. The summed E-state index contributed by atoms with van der Waals surface area (Å²) in [5, 5.41) is 3.07. The van der Waals surface area contributed by atoms with Crippen molar-refractivity contribution in [2.75, 3.05) is 19.8 Å². The molecular formula is C3H7ClN2. The molecule has 0 aliphatic carbocycles. The van der Waals surface area contributed by atoms with Crippen LogP contribution < -0.4 is 5.32 Å². The summed E-state index contributed by atoms with van der Waals surface area (Å²) < 4.78 is 1.72. The third kappa shape index (κ3) is 0.834. The van der Waals surface area contributed by atoms with Gasteiger partial charge in [-0.3, -0.25) is 0 Å². The molecule has 36 valence electrons. The Morgan fingerprint density at radius 1 is 1.67 bits per heavy atom. The zero-order chi connectivity index (χ0) is 4.41. The van der Waals surface area contributed by atoms with Crippen molar-refractivity contribution in [3.63, 3.8) is 0 Å². The van der Waals surface area contributed by atoms with Crippen molar-refractivity contribution in [1.29, 1.82) is 0 Å². The van der Waals surface area contributed by atoms with Crippen LogP contribution in [0.15, 0.2) is 0 Å². The molecule has 1 N–H and O–H groups in total. The molecule has 6 heavy (non-hydrogen) atoms. The van der Waals surface area contributed by atoms with Gasteiger partial charge in [0.1, 0.15) is 0 Å². The molecule has 0 amide bonds. The van der Waals surface area contributed by atoms with Gasteiger partial charge in [-0.15, -0.1) is 0 Å². The van der Waals surface area contributed by atoms with E-state index >= 15 is 0 Å². The van der Waals surface area contributed by atoms with Crippen LogP contribution in [-0.4, -0.2) is 24.2 Å². The summed E-state index contributed by atoms with van der Waals surface area (Å²) in [6, 6.07) is 0. The molecule has 1 fully saturated rings. The van der Waals surface area contributed by atoms with Crippen LogP contribution in [0.4, 0.5) is 0 Å². The molecule has 1 aliphatic heterocycles. The standard InChI is InChI=1S/C3H7ClN2/c4-6-2-1-5-3-6/h5H,1-3H2. The Morgan fingerprint density at radius 2 is 2.50 bits per heavy atom. The molecule has 1 rings (SSSR count). The van der Waals surface area contributed by atoms with E-state index in [1.54, 1.807) is 4.42 Å². The van der Waals surface area contributed by atoms with E-state index in [0.29, 0.717) is 0 Å². The molecule has 0 aromatic heterocycles. The number of rotatable bonds is 0. The SMILES string of the molecule is ClN1CCNC1. The van der Waals surface area contributed by atoms with Crippen molar-refractivity contribution in [3.8, 4) is 0 Å². The first kappa shape index (κ1) is 4.37. The van der Waals surface area contributed by atoms with Crippen molar-refractivity contribution in [1.82, 2.24) is 9.74 Å². The van der Waals surface area contributed by atoms with Crippen molar-refractivity contribution < 1.29 is 0 Å². The van der Waals surface area contributed by atoms with Gasteiger partial charge < -0.3 is 5.32 Å². The van der Waals surface area contributed by atoms with E-state index in [1.165, 1.54) is 0 Å². The molecule has 3 heteroatoms. The van der Waals surface area contributed by atoms with E-state index in [9.17, 15) is 0 Å². The minimum absolute atomic E-state index is 0.835. The number of nitrogens with one attached hydrogen (secondary N) is 1. The van der Waals surface area contributed by atoms with Crippen LogP contribution in [0.25, 0.3) is 0 Å². The Kier molecular flexibility index (Phi) is 1.29. The Morgan fingerprint density at radius 3 is 2.67 bits per heavy atom. The second-order valence-electron chi connectivity index (χ2n) is 1.34. The molecule has 0 atom stereocenters. The quantitative estimate of drug-likeness (QED) is 0.438. The predicted molar refractivity (Wildman–Crippen MR) is 25.4 cm³/mol. The number of hydrogen-bond acceptors (Lipinski definition) is 2. The highest BCUT2D eigenvalue weighted by Crippen LogP contribution is 1.93. The van der Waals surface area contributed by atoms with Crippen molar-refractivity contribution in [2.24, 2.45) is 0 Å². The van der Waals surface area contributed by atoms with Crippen LogP contribution >= 0.6 is 11.8 Å². The average molecular weight is 107 g/mol. The maximum absolute atomic E-state index is 5.48. The van der Waals surface area contributed by atoms with Crippen LogP contribution in [-0.2, 0) is 0 Å². The van der Waals surface area contributed by atoms with Crippen LogP contribution in [0.5, 0.6) is 0 Å². The van der Waals surface area contributed by atoms with Gasteiger partial charge in [-0.25, -0.2) is 4.42 Å². The minimum Gasteiger partial charge on any atom is -0.302 e. The summed E-state index contributed by atoms with van der Waals surface area (Å²) >= 11 is 5.48. The Hall–Kier alpha value is 0.210. The van der Waals surface area contributed by atoms with Gasteiger partial charge in [0.2, 0.25) is 0 Å². The van der Waals surface area contributed by atoms with Gasteiger partial charge in [-0.2, -0.15) is 0 Å². The Balaban J connectivity index is 2.18. The van der Waals surface area contributed by atoms with E-state index in [1.807, 2.05) is 0 Å². The van der Waals surface area contributed by atoms with Gasteiger partial charge in [0.15, 0.2) is 0 Å². The van der Waals surface area contributed by atoms with E-state index in [-0.39, 0.29) is 0 Å². The number of halogens is 1. The fourth-order valence-corrected chi connectivity index (χ4v) is 0.649. The third-order valence-electron chi connectivity index (χ3n) is 0.815. The average Bonchev–Trinajstić information content (AvgIpc) is 1.86. The van der Waals surface area contributed by atoms with Crippen LogP contribution in [0.3, 0.4) is 0 Å². The first-order chi connectivity index (χ1) is 2.89. The highest BCUT2D eigenvalue weighted by Gasteiger charge is 2.04. The maximum atomic E-state index is 5.48. The normalized spacial score (nSPS) is 25.5. The Labute approximate surface area is 42.2 Å². The topological polar surface area (TPSA) is 15.3 Å². The number of nitrogens with zero attached hydrogens (tertiary/aromatic N) is 1. The highest BCUT2D eigenvalue weighted by atomic mass is 35.5. The van der Waals surface area contributed by atoms with E-state index < -0.39 is 0 Å². The second kappa shape index (κ2) is 1.78. The molecule has 0 unspecified atom stereocenters. The summed E-state index contributed by atoms with van der Waals surface area (Å²) in [4.78, 5) is 0. The zero-order valence-electron chi connectivity index (χ0n) is 3.45. The molecule has 1 heterocycles. The molecule has 0 bridgehead atoms. The maximum Gasteiger partial charge on any atom is 0.0629 e. The minimum atomic E-state index is 0.835. The molecule has 2 nitrogen and oxygen atoms in total. The van der Waals surface area contributed by atoms with Gasteiger partial charge in [-0.05, 0) is 11.8 Å². The zero-order valence-corrected chi connectivity index (χ0v) is 4.20. The molecule has 0 aromatic rings.